The highest BCUT2D eigenvalue weighted by Crippen LogP contribution is 2.40. The van der Waals surface area contributed by atoms with Crippen LogP contribution in [0.4, 0.5) is 0 Å². The van der Waals surface area contributed by atoms with Gasteiger partial charge in [0.1, 0.15) is 53.9 Å². The maximum Gasteiger partial charge on any atom is 0.187 e. The molecule has 9 rings (SSSR count). The first-order chi connectivity index (χ1) is 35.6. The van der Waals surface area contributed by atoms with Gasteiger partial charge in [0.15, 0.2) is 6.29 Å². The molecule has 2 heterocycles. The number of benzene rings is 7. The Hall–Kier alpha value is -5.67. The third-order valence-electron chi connectivity index (χ3n) is 12.7. The van der Waals surface area contributed by atoms with E-state index < -0.39 is 60.6 Å². The SMILES string of the molecule is COc1ccc(CO[C@H]2[C@H](O[C@H]3[C@H](OCc4ccccc4)[C@@H](OCc4ccccc4)[C@H](Sc4ccccc4)O[C@@H]3COCc3ccccc3)O[C@@H](C)[C@H](OCc3ccccc3)[C@H]2OCc2ccccc2)cc1. The van der Waals surface area contributed by atoms with E-state index in [0.717, 1.165) is 44.0 Å². The molecule has 0 radical (unpaired) electrons. The minimum Gasteiger partial charge on any atom is -0.497 e. The predicted molar refractivity (Wildman–Crippen MR) is 278 cm³/mol. The molecule has 0 aliphatic carbocycles. The van der Waals surface area contributed by atoms with Crippen LogP contribution in [0.25, 0.3) is 0 Å². The molecule has 2 fully saturated rings. The van der Waals surface area contributed by atoms with Crippen molar-refractivity contribution in [3.05, 3.63) is 240 Å². The van der Waals surface area contributed by atoms with Gasteiger partial charge in [-0.15, -0.1) is 0 Å². The van der Waals surface area contributed by atoms with E-state index in [1.807, 2.05) is 140 Å². The normalized spacial score (nSPS) is 24.1. The first kappa shape index (κ1) is 51.2. The van der Waals surface area contributed by atoms with Gasteiger partial charge in [0, 0.05) is 4.90 Å². The molecule has 7 aromatic carbocycles. The van der Waals surface area contributed by atoms with Gasteiger partial charge in [0.05, 0.1) is 59.5 Å². The van der Waals surface area contributed by atoms with Crippen LogP contribution in [-0.2, 0) is 82.3 Å². The minimum atomic E-state index is -1.00. The zero-order chi connectivity index (χ0) is 49.2. The van der Waals surface area contributed by atoms with Crippen molar-refractivity contribution < 1.29 is 47.4 Å². The number of methoxy groups -OCH3 is 1. The zero-order valence-electron chi connectivity index (χ0n) is 40.8. The molecule has 0 N–H and O–H groups in total. The summed E-state index contributed by atoms with van der Waals surface area (Å²) in [4.78, 5) is 1.03. The van der Waals surface area contributed by atoms with Crippen LogP contribution in [0.3, 0.4) is 0 Å². The molecule has 0 unspecified atom stereocenters. The lowest BCUT2D eigenvalue weighted by Gasteiger charge is -2.50. The Morgan fingerprint density at radius 1 is 0.389 bits per heavy atom. The molecule has 2 aliphatic rings. The molecule has 2 aliphatic heterocycles. The fourth-order valence-corrected chi connectivity index (χ4v) is 10.1. The third kappa shape index (κ3) is 14.5. The van der Waals surface area contributed by atoms with E-state index in [0.29, 0.717) is 26.4 Å². The summed E-state index contributed by atoms with van der Waals surface area (Å²) in [7, 11) is 1.66. The maximum atomic E-state index is 7.51. The van der Waals surface area contributed by atoms with Crippen LogP contribution in [0.2, 0.25) is 0 Å². The zero-order valence-corrected chi connectivity index (χ0v) is 41.7. The first-order valence-electron chi connectivity index (χ1n) is 24.7. The van der Waals surface area contributed by atoms with Gasteiger partial charge in [-0.25, -0.2) is 0 Å². The Kier molecular flexibility index (Phi) is 19.1. The van der Waals surface area contributed by atoms with Crippen LogP contribution in [0.15, 0.2) is 211 Å². The molecule has 10 nitrogen and oxygen atoms in total. The van der Waals surface area contributed by atoms with Gasteiger partial charge >= 0.3 is 0 Å². The molecular weight excluding hydrogens is 925 g/mol. The van der Waals surface area contributed by atoms with Gasteiger partial charge in [-0.3, -0.25) is 0 Å². The molecule has 0 spiro atoms. The van der Waals surface area contributed by atoms with Gasteiger partial charge < -0.3 is 47.4 Å². The smallest absolute Gasteiger partial charge is 0.187 e. The van der Waals surface area contributed by atoms with E-state index in [9.17, 15) is 0 Å². The maximum absolute atomic E-state index is 7.51. The lowest BCUT2D eigenvalue weighted by atomic mass is 9.96. The van der Waals surface area contributed by atoms with E-state index in [4.69, 9.17) is 47.4 Å². The standard InChI is InChI=1S/C61H64O10S/c1-44-54(64-38-46-23-11-4-12-24-46)56(65-39-47-25-13-5-14-26-47)58(67-42-50-33-35-51(62-2)36-34-50)60(69-44)71-55-53(43-63-37-45-21-9-3-10-22-45)70-61(72-52-31-19-8-20-32-52)59(68-41-49-29-17-7-18-30-49)57(55)66-40-48-27-15-6-16-28-48/h3-36,44,53-61H,37-43H2,1-2H3/t44-,53+,54-,55+,56+,57-,58+,59+,60-,61-/m0/s1. The Balaban J connectivity index is 1.10. The fraction of sp³-hybridized carbons (Fsp3) is 0.311. The van der Waals surface area contributed by atoms with Gasteiger partial charge in [0.2, 0.25) is 0 Å². The molecule has 10 atom stereocenters. The summed E-state index contributed by atoms with van der Waals surface area (Å²) < 4.78 is 69.0. The highest BCUT2D eigenvalue weighted by atomic mass is 32.2. The number of rotatable bonds is 24. The van der Waals surface area contributed by atoms with E-state index >= 15 is 0 Å². The molecule has 72 heavy (non-hydrogen) atoms. The van der Waals surface area contributed by atoms with E-state index in [2.05, 4.69) is 72.8 Å². The van der Waals surface area contributed by atoms with Crippen LogP contribution in [0.1, 0.15) is 40.3 Å². The molecule has 7 aromatic rings. The second-order valence-electron chi connectivity index (χ2n) is 18.0. The Bertz CT molecular complexity index is 2580. The van der Waals surface area contributed by atoms with E-state index in [1.54, 1.807) is 18.9 Å². The van der Waals surface area contributed by atoms with Crippen LogP contribution in [0, 0.1) is 0 Å². The highest BCUT2D eigenvalue weighted by Gasteiger charge is 2.54. The lowest BCUT2D eigenvalue weighted by molar-refractivity contribution is -0.354. The average molecular weight is 989 g/mol. The van der Waals surface area contributed by atoms with Crippen molar-refractivity contribution in [2.45, 2.75) is 112 Å². The van der Waals surface area contributed by atoms with Crippen molar-refractivity contribution in [3.8, 4) is 5.75 Å². The number of thioether (sulfide) groups is 1. The van der Waals surface area contributed by atoms with Crippen LogP contribution < -0.4 is 4.74 Å². The van der Waals surface area contributed by atoms with Crippen molar-refractivity contribution in [2.24, 2.45) is 0 Å². The molecular formula is C61H64O10S. The monoisotopic (exact) mass is 988 g/mol. The highest BCUT2D eigenvalue weighted by molar-refractivity contribution is 7.99. The van der Waals surface area contributed by atoms with Gasteiger partial charge in [-0.2, -0.15) is 0 Å². The molecule has 0 amide bonds. The van der Waals surface area contributed by atoms with Crippen molar-refractivity contribution >= 4 is 11.8 Å². The third-order valence-corrected chi connectivity index (χ3v) is 13.9. The summed E-state index contributed by atoms with van der Waals surface area (Å²) >= 11 is 1.59. The number of ether oxygens (including phenoxy) is 10. The molecule has 11 heteroatoms. The molecule has 2 saturated heterocycles. The van der Waals surface area contributed by atoms with E-state index in [-0.39, 0.29) is 19.8 Å². The summed E-state index contributed by atoms with van der Waals surface area (Å²) in [5.41, 5.74) is 5.50. The summed E-state index contributed by atoms with van der Waals surface area (Å²) in [6.45, 7) is 4.02. The Morgan fingerprint density at radius 3 is 1.25 bits per heavy atom. The van der Waals surface area contributed by atoms with Crippen LogP contribution >= 0.6 is 11.8 Å². The second kappa shape index (κ2) is 26.9. The summed E-state index contributed by atoms with van der Waals surface area (Å²) in [5, 5.41) is 0. The van der Waals surface area contributed by atoms with Crippen molar-refractivity contribution in [1.29, 1.82) is 0 Å². The predicted octanol–water partition coefficient (Wildman–Crippen LogP) is 11.8. The van der Waals surface area contributed by atoms with Crippen LogP contribution in [0.5, 0.6) is 5.75 Å². The largest absolute Gasteiger partial charge is 0.497 e. The quantitative estimate of drug-likeness (QED) is 0.0579. The number of hydrogen-bond acceptors (Lipinski definition) is 11. The Morgan fingerprint density at radius 2 is 0.778 bits per heavy atom. The lowest BCUT2D eigenvalue weighted by Crippen LogP contribution is -2.65. The Labute approximate surface area is 428 Å². The average Bonchev–Trinajstić information content (AvgIpc) is 3.43. The van der Waals surface area contributed by atoms with Crippen LogP contribution in [-0.4, -0.2) is 74.3 Å². The first-order valence-corrected chi connectivity index (χ1v) is 25.6. The van der Waals surface area contributed by atoms with Crippen molar-refractivity contribution in [3.63, 3.8) is 0 Å². The van der Waals surface area contributed by atoms with Gasteiger partial charge in [0.25, 0.3) is 0 Å². The molecule has 0 aromatic heterocycles. The minimum absolute atomic E-state index is 0.179. The molecule has 0 saturated carbocycles. The summed E-state index contributed by atoms with van der Waals surface area (Å²) in [5.74, 6) is 0.750. The molecule has 374 valence electrons. The van der Waals surface area contributed by atoms with Gasteiger partial charge in [-0.1, -0.05) is 194 Å². The van der Waals surface area contributed by atoms with Gasteiger partial charge in [-0.05, 0) is 64.6 Å². The summed E-state index contributed by atoms with van der Waals surface area (Å²) in [6.07, 6.45) is -6.34. The van der Waals surface area contributed by atoms with Crippen molar-refractivity contribution in [1.82, 2.24) is 0 Å². The van der Waals surface area contributed by atoms with E-state index in [1.165, 1.54) is 0 Å². The fourth-order valence-electron chi connectivity index (χ4n) is 8.95. The topological polar surface area (TPSA) is 92.3 Å². The molecule has 0 bridgehead atoms. The number of hydrogen-bond donors (Lipinski definition) is 0. The van der Waals surface area contributed by atoms with Crippen molar-refractivity contribution in [2.75, 3.05) is 13.7 Å². The summed E-state index contributed by atoms with van der Waals surface area (Å²) in [6, 6.07) is 68.8. The second-order valence-corrected chi connectivity index (χ2v) is 19.1.